The van der Waals surface area contributed by atoms with Crippen molar-refractivity contribution in [2.24, 2.45) is 0 Å². The van der Waals surface area contributed by atoms with Crippen LogP contribution in [-0.2, 0) is 11.2 Å². The van der Waals surface area contributed by atoms with E-state index in [1.54, 1.807) is 0 Å². The van der Waals surface area contributed by atoms with E-state index in [4.69, 9.17) is 5.26 Å². The van der Waals surface area contributed by atoms with Crippen molar-refractivity contribution in [2.45, 2.75) is 30.4 Å². The minimum absolute atomic E-state index is 0.0291. The van der Waals surface area contributed by atoms with Crippen molar-refractivity contribution < 1.29 is 4.79 Å². The van der Waals surface area contributed by atoms with Crippen LogP contribution in [0.4, 0.5) is 5.69 Å². The van der Waals surface area contributed by atoms with Gasteiger partial charge in [-0.1, -0.05) is 29.8 Å². The number of carbonyl (C=O) groups is 1. The topological polar surface area (TPSA) is 52.9 Å². The summed E-state index contributed by atoms with van der Waals surface area (Å²) < 4.78 is 0. The maximum atomic E-state index is 12.2. The summed E-state index contributed by atoms with van der Waals surface area (Å²) in [5, 5.41) is 11.4. The third-order valence-corrected chi connectivity index (χ3v) is 4.32. The highest BCUT2D eigenvalue weighted by molar-refractivity contribution is 8.00. The molecule has 0 aliphatic heterocycles. The number of benzene rings is 2. The first-order valence-electron chi connectivity index (χ1n) is 7.08. The third-order valence-electron chi connectivity index (χ3n) is 3.21. The van der Waals surface area contributed by atoms with Gasteiger partial charge in [-0.15, -0.1) is 11.8 Å². The van der Waals surface area contributed by atoms with E-state index in [-0.39, 0.29) is 11.2 Å². The maximum Gasteiger partial charge on any atom is 0.237 e. The number of anilines is 1. The summed E-state index contributed by atoms with van der Waals surface area (Å²) in [6.45, 7) is 3.93. The predicted octanol–water partition coefficient (Wildman–Crippen LogP) is 4.18. The Morgan fingerprint density at radius 3 is 2.41 bits per heavy atom. The van der Waals surface area contributed by atoms with Gasteiger partial charge in [0.25, 0.3) is 0 Å². The highest BCUT2D eigenvalue weighted by atomic mass is 32.2. The standard InChI is InChI=1S/C18H18N2OS/c1-13-3-9-17(10-4-13)22-14(2)18(21)20-16-7-5-15(6-8-16)11-12-19/h3-10,14H,11H2,1-2H3,(H,20,21). The third kappa shape index (κ3) is 4.64. The average molecular weight is 310 g/mol. The van der Waals surface area contributed by atoms with Gasteiger partial charge in [0.05, 0.1) is 17.7 Å². The van der Waals surface area contributed by atoms with Gasteiger partial charge in [0.1, 0.15) is 0 Å². The fourth-order valence-electron chi connectivity index (χ4n) is 1.92. The Labute approximate surface area is 135 Å². The molecule has 1 unspecified atom stereocenters. The molecular weight excluding hydrogens is 292 g/mol. The van der Waals surface area contributed by atoms with Crippen LogP contribution >= 0.6 is 11.8 Å². The molecule has 22 heavy (non-hydrogen) atoms. The molecule has 1 atom stereocenters. The number of nitrogens with zero attached hydrogens (tertiary/aromatic N) is 1. The summed E-state index contributed by atoms with van der Waals surface area (Å²) in [6.07, 6.45) is 0.383. The van der Waals surface area contributed by atoms with Crippen molar-refractivity contribution in [3.63, 3.8) is 0 Å². The second-order valence-corrected chi connectivity index (χ2v) is 6.51. The lowest BCUT2D eigenvalue weighted by atomic mass is 10.1. The molecule has 1 N–H and O–H groups in total. The Balaban J connectivity index is 1.93. The van der Waals surface area contributed by atoms with Crippen LogP contribution in [0.2, 0.25) is 0 Å². The Bertz CT molecular complexity index is 672. The Morgan fingerprint density at radius 2 is 1.82 bits per heavy atom. The van der Waals surface area contributed by atoms with Crippen LogP contribution in [0, 0.1) is 18.3 Å². The first-order chi connectivity index (χ1) is 10.6. The quantitative estimate of drug-likeness (QED) is 0.843. The van der Waals surface area contributed by atoms with Crippen LogP contribution in [0.25, 0.3) is 0 Å². The number of hydrogen-bond acceptors (Lipinski definition) is 3. The highest BCUT2D eigenvalue weighted by Crippen LogP contribution is 2.24. The summed E-state index contributed by atoms with van der Waals surface area (Å²) in [4.78, 5) is 13.3. The fraction of sp³-hybridized carbons (Fsp3) is 0.222. The van der Waals surface area contributed by atoms with Crippen molar-refractivity contribution in [1.29, 1.82) is 5.26 Å². The Kier molecular flexibility index (Phi) is 5.62. The molecule has 0 aliphatic rings. The first kappa shape index (κ1) is 16.1. The van der Waals surface area contributed by atoms with E-state index in [2.05, 4.69) is 11.4 Å². The monoisotopic (exact) mass is 310 g/mol. The molecule has 0 heterocycles. The van der Waals surface area contributed by atoms with Crippen LogP contribution in [0.15, 0.2) is 53.4 Å². The molecule has 0 spiro atoms. The van der Waals surface area contributed by atoms with Crippen LogP contribution in [-0.4, -0.2) is 11.2 Å². The summed E-state index contributed by atoms with van der Waals surface area (Å²) in [6, 6.07) is 17.6. The summed E-state index contributed by atoms with van der Waals surface area (Å²) in [5.41, 5.74) is 2.91. The van der Waals surface area contributed by atoms with Crippen molar-refractivity contribution >= 4 is 23.4 Å². The van der Waals surface area contributed by atoms with E-state index in [1.807, 2.05) is 62.4 Å². The number of aryl methyl sites for hydroxylation is 1. The molecular formula is C18H18N2OS. The van der Waals surface area contributed by atoms with Gasteiger partial charge in [-0.3, -0.25) is 4.79 Å². The number of rotatable bonds is 5. The molecule has 3 nitrogen and oxygen atoms in total. The number of nitriles is 1. The molecule has 2 aromatic carbocycles. The number of carbonyl (C=O) groups excluding carboxylic acids is 1. The van der Waals surface area contributed by atoms with E-state index in [0.29, 0.717) is 6.42 Å². The zero-order valence-corrected chi connectivity index (χ0v) is 13.5. The Morgan fingerprint density at radius 1 is 1.18 bits per heavy atom. The molecule has 0 aliphatic carbocycles. The second kappa shape index (κ2) is 7.67. The molecule has 4 heteroatoms. The minimum atomic E-state index is -0.179. The van der Waals surface area contributed by atoms with E-state index < -0.39 is 0 Å². The summed E-state index contributed by atoms with van der Waals surface area (Å²) in [7, 11) is 0. The Hall–Kier alpha value is -2.25. The van der Waals surface area contributed by atoms with E-state index in [0.717, 1.165) is 16.1 Å². The van der Waals surface area contributed by atoms with Crippen LogP contribution < -0.4 is 5.32 Å². The molecule has 0 aromatic heterocycles. The van der Waals surface area contributed by atoms with Crippen molar-refractivity contribution in [1.82, 2.24) is 0 Å². The van der Waals surface area contributed by atoms with Gasteiger partial charge in [0.15, 0.2) is 0 Å². The van der Waals surface area contributed by atoms with Crippen molar-refractivity contribution in [3.8, 4) is 6.07 Å². The zero-order chi connectivity index (χ0) is 15.9. The lowest BCUT2D eigenvalue weighted by molar-refractivity contribution is -0.115. The second-order valence-electron chi connectivity index (χ2n) is 5.09. The van der Waals surface area contributed by atoms with Gasteiger partial charge in [0.2, 0.25) is 5.91 Å². The molecule has 0 fully saturated rings. The highest BCUT2D eigenvalue weighted by Gasteiger charge is 2.14. The molecule has 112 valence electrons. The molecule has 2 aromatic rings. The van der Waals surface area contributed by atoms with Crippen molar-refractivity contribution in [3.05, 3.63) is 59.7 Å². The average Bonchev–Trinajstić information content (AvgIpc) is 2.51. The van der Waals surface area contributed by atoms with E-state index in [9.17, 15) is 4.79 Å². The fourth-order valence-corrected chi connectivity index (χ4v) is 2.78. The first-order valence-corrected chi connectivity index (χ1v) is 7.96. The van der Waals surface area contributed by atoms with Gasteiger partial charge < -0.3 is 5.32 Å². The minimum Gasteiger partial charge on any atom is -0.325 e. The molecule has 0 saturated heterocycles. The molecule has 0 bridgehead atoms. The lowest BCUT2D eigenvalue weighted by Gasteiger charge is -2.12. The van der Waals surface area contributed by atoms with Crippen LogP contribution in [0.5, 0.6) is 0 Å². The largest absolute Gasteiger partial charge is 0.325 e. The van der Waals surface area contributed by atoms with Gasteiger partial charge in [0, 0.05) is 10.6 Å². The number of hydrogen-bond donors (Lipinski definition) is 1. The van der Waals surface area contributed by atoms with Crippen LogP contribution in [0.3, 0.4) is 0 Å². The van der Waals surface area contributed by atoms with Crippen molar-refractivity contribution in [2.75, 3.05) is 5.32 Å². The van der Waals surface area contributed by atoms with Gasteiger partial charge in [-0.05, 0) is 43.7 Å². The number of thioether (sulfide) groups is 1. The number of nitrogens with one attached hydrogen (secondary N) is 1. The SMILES string of the molecule is Cc1ccc(SC(C)C(=O)Nc2ccc(CC#N)cc2)cc1. The van der Waals surface area contributed by atoms with Gasteiger partial charge in [-0.2, -0.15) is 5.26 Å². The van der Waals surface area contributed by atoms with Crippen LogP contribution in [0.1, 0.15) is 18.1 Å². The van der Waals surface area contributed by atoms with E-state index >= 15 is 0 Å². The smallest absolute Gasteiger partial charge is 0.237 e. The normalized spacial score (nSPS) is 11.5. The van der Waals surface area contributed by atoms with Gasteiger partial charge >= 0.3 is 0 Å². The molecule has 2 rings (SSSR count). The zero-order valence-electron chi connectivity index (χ0n) is 12.7. The molecule has 0 saturated carbocycles. The summed E-state index contributed by atoms with van der Waals surface area (Å²) in [5.74, 6) is -0.0291. The summed E-state index contributed by atoms with van der Waals surface area (Å²) >= 11 is 1.54. The van der Waals surface area contributed by atoms with E-state index in [1.165, 1.54) is 17.3 Å². The maximum absolute atomic E-state index is 12.2. The van der Waals surface area contributed by atoms with Gasteiger partial charge in [-0.25, -0.2) is 0 Å². The predicted molar refractivity (Wildman–Crippen MR) is 90.9 cm³/mol. The molecule has 1 amide bonds. The lowest BCUT2D eigenvalue weighted by Crippen LogP contribution is -2.22. The number of amides is 1. The molecule has 0 radical (unpaired) electrons.